The number of hydrogen-bond acceptors (Lipinski definition) is 4. The van der Waals surface area contributed by atoms with Crippen LogP contribution in [0.3, 0.4) is 0 Å². The summed E-state index contributed by atoms with van der Waals surface area (Å²) in [6.07, 6.45) is 3.99. The smallest absolute Gasteiger partial charge is 0.329 e. The molecule has 2 aromatic carbocycles. The van der Waals surface area contributed by atoms with Crippen molar-refractivity contribution in [2.24, 2.45) is 0 Å². The van der Waals surface area contributed by atoms with E-state index in [4.69, 9.17) is 16.3 Å². The van der Waals surface area contributed by atoms with Gasteiger partial charge in [-0.25, -0.2) is 4.79 Å². The molecule has 0 bridgehead atoms. The Kier molecular flexibility index (Phi) is 8.23. The largest absolute Gasteiger partial charge is 0.464 e. The lowest BCUT2D eigenvalue weighted by Gasteiger charge is -2.29. The summed E-state index contributed by atoms with van der Waals surface area (Å²) in [6, 6.07) is 14.6. The minimum absolute atomic E-state index is 0.176. The number of halogens is 1. The molecule has 0 aromatic heterocycles. The Morgan fingerprint density at radius 2 is 1.83 bits per heavy atom. The van der Waals surface area contributed by atoms with Gasteiger partial charge < -0.3 is 9.64 Å². The number of hydrogen-bond donors (Lipinski definition) is 0. The fourth-order valence-corrected chi connectivity index (χ4v) is 5.25. The average molecular weight is 446 g/mol. The number of carbonyl (C=O) groups excluding carboxylic acids is 2. The highest BCUT2D eigenvalue weighted by Gasteiger charge is 2.44. The molecular weight excluding hydrogens is 418 g/mol. The molecule has 1 aliphatic heterocycles. The van der Waals surface area contributed by atoms with Crippen LogP contribution in [-0.2, 0) is 16.0 Å². The van der Waals surface area contributed by atoms with Crippen molar-refractivity contribution in [3.63, 3.8) is 0 Å². The van der Waals surface area contributed by atoms with Gasteiger partial charge >= 0.3 is 5.97 Å². The van der Waals surface area contributed by atoms with Crippen molar-refractivity contribution >= 4 is 35.2 Å². The molecule has 2 unspecified atom stereocenters. The molecule has 0 radical (unpaired) electrons. The zero-order chi connectivity index (χ0) is 21.5. The first-order valence-electron chi connectivity index (χ1n) is 10.5. The first kappa shape index (κ1) is 22.7. The van der Waals surface area contributed by atoms with Crippen LogP contribution in [0.1, 0.15) is 60.0 Å². The molecule has 2 atom stereocenters. The number of carbonyl (C=O) groups is 2. The van der Waals surface area contributed by atoms with Gasteiger partial charge in [0.25, 0.3) is 5.91 Å². The number of rotatable bonds is 8. The topological polar surface area (TPSA) is 46.6 Å². The standard InChI is InChI=1S/C24H28ClNO3S/c1-3-5-8-17-11-13-18(14-12-17)22(27)26-21(24(28)29-15-4-2)16-30-23(26)19-9-6-7-10-20(19)25/h6-7,9-14,21,23H,3-5,8,15-16H2,1-2H3. The van der Waals surface area contributed by atoms with E-state index in [1.165, 1.54) is 5.56 Å². The average Bonchev–Trinajstić information content (AvgIpc) is 3.21. The number of amides is 1. The third-order valence-electron chi connectivity index (χ3n) is 5.15. The van der Waals surface area contributed by atoms with Crippen LogP contribution in [-0.4, -0.2) is 35.2 Å². The summed E-state index contributed by atoms with van der Waals surface area (Å²) in [4.78, 5) is 27.9. The molecule has 0 aliphatic carbocycles. The summed E-state index contributed by atoms with van der Waals surface area (Å²) >= 11 is 7.98. The van der Waals surface area contributed by atoms with Gasteiger partial charge in [-0.1, -0.05) is 62.2 Å². The molecule has 6 heteroatoms. The zero-order valence-electron chi connectivity index (χ0n) is 17.5. The van der Waals surface area contributed by atoms with Crippen molar-refractivity contribution in [3.8, 4) is 0 Å². The molecule has 0 saturated carbocycles. The molecule has 1 fully saturated rings. The predicted molar refractivity (Wildman–Crippen MR) is 123 cm³/mol. The van der Waals surface area contributed by atoms with Crippen molar-refractivity contribution in [1.82, 2.24) is 4.90 Å². The molecule has 0 N–H and O–H groups in total. The van der Waals surface area contributed by atoms with E-state index in [1.807, 2.05) is 55.5 Å². The van der Waals surface area contributed by atoms with Gasteiger partial charge in [0, 0.05) is 21.9 Å². The lowest BCUT2D eigenvalue weighted by Crippen LogP contribution is -2.44. The molecule has 3 rings (SSSR count). The van der Waals surface area contributed by atoms with Crippen molar-refractivity contribution in [3.05, 3.63) is 70.2 Å². The number of ether oxygens (including phenoxy) is 1. The maximum atomic E-state index is 13.5. The number of benzene rings is 2. The summed E-state index contributed by atoms with van der Waals surface area (Å²) in [5.74, 6) is -0.0455. The van der Waals surface area contributed by atoms with E-state index in [0.717, 1.165) is 31.2 Å². The quantitative estimate of drug-likeness (QED) is 0.475. The van der Waals surface area contributed by atoms with E-state index >= 15 is 0 Å². The van der Waals surface area contributed by atoms with Gasteiger partial charge in [-0.2, -0.15) is 0 Å². The van der Waals surface area contributed by atoms with Crippen LogP contribution >= 0.6 is 23.4 Å². The van der Waals surface area contributed by atoms with Gasteiger partial charge in [-0.15, -0.1) is 11.8 Å². The number of unbranched alkanes of at least 4 members (excludes halogenated alkanes) is 1. The minimum Gasteiger partial charge on any atom is -0.464 e. The predicted octanol–water partition coefficient (Wildman–Crippen LogP) is 5.89. The summed E-state index contributed by atoms with van der Waals surface area (Å²) < 4.78 is 5.39. The SMILES string of the molecule is CCCCc1ccc(C(=O)N2C(C(=O)OCCC)CSC2c2ccccc2Cl)cc1. The lowest BCUT2D eigenvalue weighted by atomic mass is 10.0. The highest BCUT2D eigenvalue weighted by molar-refractivity contribution is 7.99. The van der Waals surface area contributed by atoms with E-state index in [-0.39, 0.29) is 17.3 Å². The molecule has 1 aliphatic rings. The number of aryl methyl sites for hydroxylation is 1. The van der Waals surface area contributed by atoms with Crippen LogP contribution in [0.2, 0.25) is 5.02 Å². The van der Waals surface area contributed by atoms with E-state index in [0.29, 0.717) is 22.9 Å². The Balaban J connectivity index is 1.90. The summed E-state index contributed by atoms with van der Waals surface area (Å²) in [5.41, 5.74) is 2.62. The molecule has 0 spiro atoms. The number of thioether (sulfide) groups is 1. The van der Waals surface area contributed by atoms with Gasteiger partial charge in [-0.3, -0.25) is 4.79 Å². The normalized spacial score (nSPS) is 18.4. The molecular formula is C24H28ClNO3S. The highest BCUT2D eigenvalue weighted by Crippen LogP contribution is 2.44. The van der Waals surface area contributed by atoms with Gasteiger partial charge in [0.05, 0.1) is 6.61 Å². The lowest BCUT2D eigenvalue weighted by molar-refractivity contribution is -0.148. The molecule has 30 heavy (non-hydrogen) atoms. The van der Waals surface area contributed by atoms with Crippen molar-refractivity contribution < 1.29 is 14.3 Å². The van der Waals surface area contributed by atoms with Gasteiger partial charge in [0.1, 0.15) is 11.4 Å². The molecule has 1 amide bonds. The number of nitrogens with zero attached hydrogens (tertiary/aromatic N) is 1. The van der Waals surface area contributed by atoms with Gasteiger partial charge in [-0.05, 0) is 43.0 Å². The van der Waals surface area contributed by atoms with Crippen LogP contribution in [0, 0.1) is 0 Å². The molecule has 2 aromatic rings. The Bertz CT molecular complexity index is 871. The number of esters is 1. The Morgan fingerprint density at radius 3 is 2.50 bits per heavy atom. The van der Waals surface area contributed by atoms with Crippen LogP contribution in [0.4, 0.5) is 0 Å². The second kappa shape index (κ2) is 10.9. The fraction of sp³-hybridized carbons (Fsp3) is 0.417. The first-order valence-corrected chi connectivity index (χ1v) is 11.9. The van der Waals surface area contributed by atoms with Crippen molar-refractivity contribution in [1.29, 1.82) is 0 Å². The van der Waals surface area contributed by atoms with Crippen LogP contribution in [0.25, 0.3) is 0 Å². The van der Waals surface area contributed by atoms with Gasteiger partial charge in [0.15, 0.2) is 0 Å². The fourth-order valence-electron chi connectivity index (χ4n) is 3.49. The Labute approximate surface area is 187 Å². The second-order valence-corrected chi connectivity index (χ2v) is 8.92. The van der Waals surface area contributed by atoms with Crippen LogP contribution in [0.15, 0.2) is 48.5 Å². The zero-order valence-corrected chi connectivity index (χ0v) is 19.0. The summed E-state index contributed by atoms with van der Waals surface area (Å²) in [7, 11) is 0. The van der Waals surface area contributed by atoms with Crippen LogP contribution < -0.4 is 0 Å². The molecule has 1 heterocycles. The summed E-state index contributed by atoms with van der Waals surface area (Å²) in [6.45, 7) is 4.46. The second-order valence-electron chi connectivity index (χ2n) is 7.40. The molecule has 4 nitrogen and oxygen atoms in total. The summed E-state index contributed by atoms with van der Waals surface area (Å²) in [5, 5.41) is 0.260. The maximum absolute atomic E-state index is 13.5. The van der Waals surface area contributed by atoms with Crippen LogP contribution in [0.5, 0.6) is 0 Å². The Morgan fingerprint density at radius 1 is 1.10 bits per heavy atom. The van der Waals surface area contributed by atoms with E-state index < -0.39 is 6.04 Å². The third kappa shape index (κ3) is 5.19. The monoisotopic (exact) mass is 445 g/mol. The van der Waals surface area contributed by atoms with Crippen molar-refractivity contribution in [2.45, 2.75) is 50.9 Å². The molecule has 1 saturated heterocycles. The first-order chi connectivity index (χ1) is 14.6. The van der Waals surface area contributed by atoms with E-state index in [2.05, 4.69) is 6.92 Å². The van der Waals surface area contributed by atoms with Crippen molar-refractivity contribution in [2.75, 3.05) is 12.4 Å². The Hall–Kier alpha value is -1.98. The van der Waals surface area contributed by atoms with E-state index in [9.17, 15) is 9.59 Å². The van der Waals surface area contributed by atoms with E-state index in [1.54, 1.807) is 16.7 Å². The molecule has 160 valence electrons. The minimum atomic E-state index is -0.630. The van der Waals surface area contributed by atoms with Gasteiger partial charge in [0.2, 0.25) is 0 Å². The third-order valence-corrected chi connectivity index (χ3v) is 6.80. The highest BCUT2D eigenvalue weighted by atomic mass is 35.5. The maximum Gasteiger partial charge on any atom is 0.329 e.